The van der Waals surface area contributed by atoms with Crippen LogP contribution >= 0.6 is 11.6 Å². The number of carbonyl (C=O) groups excluding carboxylic acids is 1. The zero-order chi connectivity index (χ0) is 13.0. The minimum Gasteiger partial charge on any atom is -0.507 e. The first-order chi connectivity index (χ1) is 7.91. The predicted molar refractivity (Wildman–Crippen MR) is 69.0 cm³/mol. The van der Waals surface area contributed by atoms with E-state index < -0.39 is 16.7 Å². The zero-order valence-corrected chi connectivity index (χ0v) is 11.1. The first-order valence-corrected chi connectivity index (χ1v) is 7.00. The highest BCUT2D eigenvalue weighted by Gasteiger charge is 2.13. The smallest absolute Gasteiger partial charge is 0.255 e. The van der Waals surface area contributed by atoms with Crippen LogP contribution in [0.5, 0.6) is 5.75 Å². The first-order valence-electron chi connectivity index (χ1n) is 5.00. The Bertz CT molecular complexity index is 450. The van der Waals surface area contributed by atoms with E-state index in [0.29, 0.717) is 5.02 Å². The molecule has 0 radical (unpaired) electrons. The van der Waals surface area contributed by atoms with Crippen LogP contribution in [0.2, 0.25) is 5.02 Å². The molecule has 0 heterocycles. The average Bonchev–Trinajstić information content (AvgIpc) is 2.28. The lowest BCUT2D eigenvalue weighted by atomic mass is 10.2. The van der Waals surface area contributed by atoms with Gasteiger partial charge >= 0.3 is 0 Å². The van der Waals surface area contributed by atoms with Crippen LogP contribution in [0.3, 0.4) is 0 Å². The molecule has 94 valence electrons. The summed E-state index contributed by atoms with van der Waals surface area (Å²) in [5.41, 5.74) is 0.117. The number of hydrogen-bond acceptors (Lipinski definition) is 3. The van der Waals surface area contributed by atoms with Crippen molar-refractivity contribution in [2.24, 2.45) is 0 Å². The highest BCUT2D eigenvalue weighted by atomic mass is 35.5. The minimum absolute atomic E-state index is 0.117. The average molecular weight is 276 g/mol. The van der Waals surface area contributed by atoms with E-state index in [9.17, 15) is 14.1 Å². The molecule has 1 rings (SSSR count). The summed E-state index contributed by atoms with van der Waals surface area (Å²) in [5, 5.41) is 12.3. The number of halogens is 1. The summed E-state index contributed by atoms with van der Waals surface area (Å²) in [7, 11) is -0.996. The highest BCUT2D eigenvalue weighted by Crippen LogP contribution is 2.21. The molecule has 0 fully saturated rings. The summed E-state index contributed by atoms with van der Waals surface area (Å²) < 4.78 is 11.1. The van der Waals surface area contributed by atoms with Crippen molar-refractivity contribution in [2.45, 2.75) is 12.2 Å². The molecule has 2 atom stereocenters. The van der Waals surface area contributed by atoms with E-state index in [0.717, 1.165) is 0 Å². The Morgan fingerprint density at radius 2 is 2.24 bits per heavy atom. The predicted octanol–water partition coefficient (Wildman–Crippen LogP) is 1.54. The van der Waals surface area contributed by atoms with Gasteiger partial charge < -0.3 is 10.4 Å². The quantitative estimate of drug-likeness (QED) is 0.876. The van der Waals surface area contributed by atoms with Gasteiger partial charge in [0.1, 0.15) is 5.75 Å². The molecule has 0 spiro atoms. The van der Waals surface area contributed by atoms with E-state index >= 15 is 0 Å². The highest BCUT2D eigenvalue weighted by molar-refractivity contribution is 7.84. The summed E-state index contributed by atoms with van der Waals surface area (Å²) in [6.45, 7) is 2.06. The van der Waals surface area contributed by atoms with Crippen LogP contribution in [0, 0.1) is 0 Å². The van der Waals surface area contributed by atoms with E-state index in [1.54, 1.807) is 13.2 Å². The molecule has 0 aliphatic carbocycles. The Labute approximate surface area is 107 Å². The van der Waals surface area contributed by atoms with Gasteiger partial charge in [0, 0.05) is 33.9 Å². The fraction of sp³-hybridized carbons (Fsp3) is 0.364. The first kappa shape index (κ1) is 14.0. The van der Waals surface area contributed by atoms with Gasteiger partial charge in [-0.25, -0.2) is 0 Å². The Balaban J connectivity index is 2.70. The monoisotopic (exact) mass is 275 g/mol. The molecular weight excluding hydrogens is 262 g/mol. The third-order valence-corrected chi connectivity index (χ3v) is 3.85. The largest absolute Gasteiger partial charge is 0.507 e. The van der Waals surface area contributed by atoms with Crippen molar-refractivity contribution in [2.75, 3.05) is 12.8 Å². The van der Waals surface area contributed by atoms with Crippen LogP contribution in [0.15, 0.2) is 18.2 Å². The summed E-state index contributed by atoms with van der Waals surface area (Å²) in [6, 6.07) is 4.25. The Morgan fingerprint density at radius 1 is 1.59 bits per heavy atom. The van der Waals surface area contributed by atoms with Gasteiger partial charge in [0.2, 0.25) is 0 Å². The van der Waals surface area contributed by atoms with Crippen LogP contribution in [0.4, 0.5) is 0 Å². The number of benzene rings is 1. The van der Waals surface area contributed by atoms with Gasteiger partial charge in [-0.1, -0.05) is 11.6 Å². The molecule has 0 aromatic heterocycles. The maximum Gasteiger partial charge on any atom is 0.255 e. The van der Waals surface area contributed by atoms with Crippen molar-refractivity contribution >= 4 is 28.3 Å². The molecule has 1 amide bonds. The molecule has 1 aromatic rings. The number of amides is 1. The van der Waals surface area contributed by atoms with Crippen LogP contribution in [0.25, 0.3) is 0 Å². The molecule has 4 nitrogen and oxygen atoms in total. The molecule has 0 saturated heterocycles. The lowest BCUT2D eigenvalue weighted by Crippen LogP contribution is -2.32. The van der Waals surface area contributed by atoms with Crippen LogP contribution in [-0.4, -0.2) is 33.3 Å². The van der Waals surface area contributed by atoms with Crippen molar-refractivity contribution in [3.05, 3.63) is 28.8 Å². The second-order valence-corrected chi connectivity index (χ2v) is 5.92. The van der Waals surface area contributed by atoms with Gasteiger partial charge in [0.15, 0.2) is 0 Å². The molecule has 1 aromatic carbocycles. The molecule has 6 heteroatoms. The molecule has 0 saturated carbocycles. The van der Waals surface area contributed by atoms with Crippen molar-refractivity contribution in [3.8, 4) is 5.75 Å². The van der Waals surface area contributed by atoms with Gasteiger partial charge in [-0.15, -0.1) is 0 Å². The Hall–Kier alpha value is -1.07. The van der Waals surface area contributed by atoms with Crippen molar-refractivity contribution in [1.29, 1.82) is 0 Å². The van der Waals surface area contributed by atoms with E-state index in [-0.39, 0.29) is 23.1 Å². The fourth-order valence-electron chi connectivity index (χ4n) is 1.14. The lowest BCUT2D eigenvalue weighted by Gasteiger charge is -2.10. The summed E-state index contributed by atoms with van der Waals surface area (Å²) in [6.07, 6.45) is 1.58. The molecule has 17 heavy (non-hydrogen) atoms. The van der Waals surface area contributed by atoms with E-state index in [2.05, 4.69) is 5.32 Å². The van der Waals surface area contributed by atoms with Gasteiger partial charge in [0.25, 0.3) is 5.91 Å². The van der Waals surface area contributed by atoms with Gasteiger partial charge in [-0.05, 0) is 25.1 Å². The topological polar surface area (TPSA) is 66.4 Å². The molecular formula is C11H14ClNO3S. The SMILES string of the molecule is CC(CNC(=O)c1cc(Cl)ccc1O)S(C)=O. The minimum atomic E-state index is -0.996. The molecule has 0 aliphatic heterocycles. The van der Waals surface area contributed by atoms with Crippen LogP contribution in [-0.2, 0) is 10.8 Å². The number of phenolic OH excluding ortho intramolecular Hbond substituents is 1. The lowest BCUT2D eigenvalue weighted by molar-refractivity contribution is 0.0951. The second kappa shape index (κ2) is 6.02. The van der Waals surface area contributed by atoms with Gasteiger partial charge in [0.05, 0.1) is 5.56 Å². The van der Waals surface area contributed by atoms with E-state index in [1.165, 1.54) is 18.2 Å². The van der Waals surface area contributed by atoms with Crippen LogP contribution < -0.4 is 5.32 Å². The normalized spacial score (nSPS) is 14.1. The number of carbonyl (C=O) groups is 1. The third-order valence-electron chi connectivity index (χ3n) is 2.32. The number of aromatic hydroxyl groups is 1. The maximum absolute atomic E-state index is 11.7. The Morgan fingerprint density at radius 3 is 2.82 bits per heavy atom. The fourth-order valence-corrected chi connectivity index (χ4v) is 1.63. The second-order valence-electron chi connectivity index (χ2n) is 3.68. The van der Waals surface area contributed by atoms with Crippen molar-refractivity contribution in [1.82, 2.24) is 5.32 Å². The zero-order valence-electron chi connectivity index (χ0n) is 9.57. The standard InChI is InChI=1S/C11H14ClNO3S/c1-7(17(2)16)6-13-11(15)9-5-8(12)3-4-10(9)14/h3-5,7,14H,6H2,1-2H3,(H,13,15). The summed E-state index contributed by atoms with van der Waals surface area (Å²) in [5.74, 6) is -0.556. The number of phenols is 1. The van der Waals surface area contributed by atoms with Gasteiger partial charge in [-0.3, -0.25) is 9.00 Å². The summed E-state index contributed by atoms with van der Waals surface area (Å²) in [4.78, 5) is 11.7. The summed E-state index contributed by atoms with van der Waals surface area (Å²) >= 11 is 5.73. The van der Waals surface area contributed by atoms with E-state index in [1.807, 2.05) is 0 Å². The number of rotatable bonds is 4. The Kier molecular flexibility index (Phi) is 4.96. The molecule has 0 aliphatic rings. The van der Waals surface area contributed by atoms with E-state index in [4.69, 9.17) is 11.6 Å². The van der Waals surface area contributed by atoms with Crippen LogP contribution in [0.1, 0.15) is 17.3 Å². The van der Waals surface area contributed by atoms with Crippen molar-refractivity contribution < 1.29 is 14.1 Å². The maximum atomic E-state index is 11.7. The van der Waals surface area contributed by atoms with Gasteiger partial charge in [-0.2, -0.15) is 0 Å². The molecule has 2 unspecified atom stereocenters. The number of nitrogens with one attached hydrogen (secondary N) is 1. The molecule has 0 bridgehead atoms. The molecule has 2 N–H and O–H groups in total. The number of hydrogen-bond donors (Lipinski definition) is 2. The van der Waals surface area contributed by atoms with Crippen molar-refractivity contribution in [3.63, 3.8) is 0 Å². The third kappa shape index (κ3) is 4.02.